The van der Waals surface area contributed by atoms with Crippen molar-refractivity contribution in [3.05, 3.63) is 29.3 Å². The first-order chi connectivity index (χ1) is 14.7. The molecule has 0 aliphatic rings. The first-order valence-electron chi connectivity index (χ1n) is 10.3. The van der Waals surface area contributed by atoms with Crippen LogP contribution in [0.1, 0.15) is 54.4 Å². The number of sulfone groups is 1. The quantitative estimate of drug-likeness (QED) is 0.340. The van der Waals surface area contributed by atoms with E-state index in [4.69, 9.17) is 25.8 Å². The van der Waals surface area contributed by atoms with Crippen LogP contribution in [0.5, 0.6) is 0 Å². The van der Waals surface area contributed by atoms with E-state index in [0.717, 1.165) is 0 Å². The van der Waals surface area contributed by atoms with Crippen molar-refractivity contribution in [3.63, 3.8) is 0 Å². The smallest absolute Gasteiger partial charge is 0.324 e. The number of benzene rings is 1. The lowest BCUT2D eigenvalue weighted by molar-refractivity contribution is -0.160. The Morgan fingerprint density at radius 2 is 1.28 bits per heavy atom. The van der Waals surface area contributed by atoms with Gasteiger partial charge in [-0.3, -0.25) is 14.4 Å². The predicted octanol–water partition coefficient (Wildman–Crippen LogP) is 3.73. The number of carbonyl (C=O) groups excluding carboxylic acids is 3. The molecule has 2 unspecified atom stereocenters. The van der Waals surface area contributed by atoms with Crippen LogP contribution in [0.3, 0.4) is 0 Å². The zero-order valence-corrected chi connectivity index (χ0v) is 20.7. The highest BCUT2D eigenvalue weighted by atomic mass is 35.5. The van der Waals surface area contributed by atoms with Gasteiger partial charge in [0.15, 0.2) is 15.1 Å². The summed E-state index contributed by atoms with van der Waals surface area (Å²) in [6.45, 7) is 9.69. The highest BCUT2D eigenvalue weighted by Gasteiger charge is 2.41. The lowest BCUT2D eigenvalue weighted by Crippen LogP contribution is -2.38. The van der Waals surface area contributed by atoms with Crippen molar-refractivity contribution in [2.75, 3.05) is 0 Å². The number of ether oxygens (including phenoxy) is 3. The summed E-state index contributed by atoms with van der Waals surface area (Å²) >= 11 is 5.85. The Morgan fingerprint density at radius 1 is 0.812 bits per heavy atom. The number of esters is 3. The summed E-state index contributed by atoms with van der Waals surface area (Å²) in [5, 5.41) is -1.41. The summed E-state index contributed by atoms with van der Waals surface area (Å²) in [6, 6.07) is 5.29. The van der Waals surface area contributed by atoms with E-state index >= 15 is 0 Å². The molecule has 0 aliphatic heterocycles. The Morgan fingerprint density at radius 3 is 1.75 bits per heavy atom. The van der Waals surface area contributed by atoms with Crippen LogP contribution in [-0.4, -0.2) is 49.9 Å². The fraction of sp³-hybridized carbons (Fsp3) is 0.591. The van der Waals surface area contributed by atoms with Crippen molar-refractivity contribution < 1.29 is 37.0 Å². The van der Waals surface area contributed by atoms with E-state index in [-0.39, 0.29) is 4.90 Å². The van der Waals surface area contributed by atoms with Crippen LogP contribution >= 0.6 is 11.6 Å². The SMILES string of the molecule is CC(C)OC(=O)CC(CC(C(=O)OC(C)C)S(=O)(=O)c1ccc(Cl)cc1)C(=O)OC(C)C. The number of hydrogen-bond acceptors (Lipinski definition) is 8. The highest BCUT2D eigenvalue weighted by molar-refractivity contribution is 7.92. The second-order valence-electron chi connectivity index (χ2n) is 8.13. The highest BCUT2D eigenvalue weighted by Crippen LogP contribution is 2.27. The van der Waals surface area contributed by atoms with E-state index in [0.29, 0.717) is 5.02 Å². The summed E-state index contributed by atoms with van der Waals surface area (Å²) in [6.07, 6.45) is -2.46. The molecule has 0 bridgehead atoms. The topological polar surface area (TPSA) is 113 Å². The molecular formula is C22H31ClO8S. The second-order valence-corrected chi connectivity index (χ2v) is 10.7. The summed E-state index contributed by atoms with van der Waals surface area (Å²) < 4.78 is 42.1. The molecule has 0 heterocycles. The van der Waals surface area contributed by atoms with Gasteiger partial charge < -0.3 is 14.2 Å². The maximum atomic E-state index is 13.3. The third kappa shape index (κ3) is 8.78. The van der Waals surface area contributed by atoms with E-state index in [2.05, 4.69) is 0 Å². The Balaban J connectivity index is 3.36. The summed E-state index contributed by atoms with van der Waals surface area (Å²) in [5.74, 6) is -3.75. The Labute approximate surface area is 194 Å². The van der Waals surface area contributed by atoms with Crippen molar-refractivity contribution in [2.45, 2.75) is 82.8 Å². The minimum atomic E-state index is -4.27. The zero-order valence-electron chi connectivity index (χ0n) is 19.2. The normalized spacial score (nSPS) is 13.7. The molecule has 0 aliphatic carbocycles. The van der Waals surface area contributed by atoms with Gasteiger partial charge in [0, 0.05) is 5.02 Å². The molecule has 8 nitrogen and oxygen atoms in total. The standard InChI is InChI=1S/C22H31ClO8S/c1-13(2)29-20(24)12-16(21(25)30-14(3)4)11-19(22(26)31-15(5)6)32(27,28)18-9-7-17(23)8-10-18/h7-10,13-16,19H,11-12H2,1-6H3. The van der Waals surface area contributed by atoms with E-state index in [1.54, 1.807) is 41.5 Å². The van der Waals surface area contributed by atoms with Crippen LogP contribution in [0.25, 0.3) is 0 Å². The molecule has 180 valence electrons. The second kappa shape index (κ2) is 12.2. The van der Waals surface area contributed by atoms with Crippen LogP contribution in [0, 0.1) is 5.92 Å². The maximum Gasteiger partial charge on any atom is 0.324 e. The van der Waals surface area contributed by atoms with Gasteiger partial charge in [0.2, 0.25) is 0 Å². The van der Waals surface area contributed by atoms with Crippen LogP contribution in [0.15, 0.2) is 29.2 Å². The van der Waals surface area contributed by atoms with Gasteiger partial charge in [-0.15, -0.1) is 0 Å². The van der Waals surface area contributed by atoms with Gasteiger partial charge in [0.05, 0.1) is 35.5 Å². The van der Waals surface area contributed by atoms with Gasteiger partial charge in [0.1, 0.15) is 0 Å². The molecule has 0 spiro atoms. The Kier molecular flexibility index (Phi) is 10.6. The minimum absolute atomic E-state index is 0.159. The van der Waals surface area contributed by atoms with Crippen molar-refractivity contribution in [1.29, 1.82) is 0 Å². The molecule has 0 radical (unpaired) electrons. The predicted molar refractivity (Wildman–Crippen MR) is 119 cm³/mol. The largest absolute Gasteiger partial charge is 0.463 e. The van der Waals surface area contributed by atoms with Crippen molar-refractivity contribution in [1.82, 2.24) is 0 Å². The molecule has 0 aromatic heterocycles. The van der Waals surface area contributed by atoms with Crippen LogP contribution in [0.2, 0.25) is 5.02 Å². The summed E-state index contributed by atoms with van der Waals surface area (Å²) in [5.41, 5.74) is 0. The zero-order chi connectivity index (χ0) is 24.6. The van der Waals surface area contributed by atoms with Gasteiger partial charge in [-0.1, -0.05) is 11.6 Å². The lowest BCUT2D eigenvalue weighted by Gasteiger charge is -2.23. The fourth-order valence-electron chi connectivity index (χ4n) is 2.81. The number of carbonyl (C=O) groups is 3. The fourth-order valence-corrected chi connectivity index (χ4v) is 4.57. The van der Waals surface area contributed by atoms with Crippen LogP contribution < -0.4 is 0 Å². The van der Waals surface area contributed by atoms with E-state index in [9.17, 15) is 22.8 Å². The molecule has 2 atom stereocenters. The number of rotatable bonds is 11. The molecule has 0 fully saturated rings. The van der Waals surface area contributed by atoms with Gasteiger partial charge in [-0.2, -0.15) is 0 Å². The van der Waals surface area contributed by atoms with E-state index < -0.39 is 70.1 Å². The summed E-state index contributed by atoms with van der Waals surface area (Å²) in [7, 11) is -4.27. The molecule has 10 heteroatoms. The Hall–Kier alpha value is -2.13. The first kappa shape index (κ1) is 27.9. The van der Waals surface area contributed by atoms with Gasteiger partial charge in [0.25, 0.3) is 0 Å². The van der Waals surface area contributed by atoms with E-state index in [1.165, 1.54) is 24.3 Å². The molecule has 0 N–H and O–H groups in total. The van der Waals surface area contributed by atoms with Gasteiger partial charge in [-0.25, -0.2) is 8.42 Å². The third-order valence-corrected chi connectivity index (χ3v) is 6.41. The van der Waals surface area contributed by atoms with Crippen molar-refractivity contribution in [2.24, 2.45) is 5.92 Å². The van der Waals surface area contributed by atoms with Crippen molar-refractivity contribution in [3.8, 4) is 0 Å². The third-order valence-electron chi connectivity index (χ3n) is 4.10. The lowest BCUT2D eigenvalue weighted by atomic mass is 9.99. The molecule has 32 heavy (non-hydrogen) atoms. The molecule has 0 saturated heterocycles. The number of halogens is 1. The van der Waals surface area contributed by atoms with E-state index in [1.807, 2.05) is 0 Å². The Bertz CT molecular complexity index is 891. The average molecular weight is 491 g/mol. The minimum Gasteiger partial charge on any atom is -0.463 e. The van der Waals surface area contributed by atoms with Crippen molar-refractivity contribution >= 4 is 39.3 Å². The molecule has 1 aromatic carbocycles. The average Bonchev–Trinajstić information content (AvgIpc) is 2.63. The van der Waals surface area contributed by atoms with Gasteiger partial charge >= 0.3 is 17.9 Å². The molecule has 0 amide bonds. The van der Waals surface area contributed by atoms with Gasteiger partial charge in [-0.05, 0) is 72.2 Å². The maximum absolute atomic E-state index is 13.3. The monoisotopic (exact) mass is 490 g/mol. The number of hydrogen-bond donors (Lipinski definition) is 0. The first-order valence-corrected chi connectivity index (χ1v) is 12.3. The molecule has 1 aromatic rings. The van der Waals surface area contributed by atoms with Crippen LogP contribution in [0.4, 0.5) is 0 Å². The molecule has 1 rings (SSSR count). The summed E-state index contributed by atoms with van der Waals surface area (Å²) in [4.78, 5) is 37.5. The molecular weight excluding hydrogens is 460 g/mol. The van der Waals surface area contributed by atoms with Crippen LogP contribution in [-0.2, 0) is 38.4 Å². The molecule has 0 saturated carbocycles.